The average molecular weight is 342 g/mol. The third kappa shape index (κ3) is 2.49. The van der Waals surface area contributed by atoms with E-state index in [1.807, 2.05) is 31.2 Å². The molecule has 0 saturated carbocycles. The Kier molecular flexibility index (Phi) is 3.60. The largest absolute Gasteiger partial charge is 0.345 e. The van der Waals surface area contributed by atoms with Crippen molar-refractivity contribution in [2.75, 3.05) is 11.1 Å². The van der Waals surface area contributed by atoms with Crippen LogP contribution in [-0.4, -0.2) is 43.3 Å². The summed E-state index contributed by atoms with van der Waals surface area (Å²) in [5.41, 5.74) is 1.61. The number of benzene rings is 1. The number of hydrogen-bond acceptors (Lipinski definition) is 4. The fraction of sp³-hybridized carbons (Fsp3) is 0.353. The van der Waals surface area contributed by atoms with Gasteiger partial charge < -0.3 is 15.2 Å². The molecule has 0 aliphatic carbocycles. The van der Waals surface area contributed by atoms with E-state index >= 15 is 0 Å². The van der Waals surface area contributed by atoms with Crippen LogP contribution < -0.4 is 5.32 Å². The second kappa shape index (κ2) is 5.66. The maximum absolute atomic E-state index is 12.7. The number of nitrogens with one attached hydrogen (secondary N) is 2. The molecule has 0 bridgehead atoms. The molecule has 2 unspecified atom stereocenters. The number of H-pyrrole nitrogens is 1. The zero-order chi connectivity index (χ0) is 16.7. The van der Waals surface area contributed by atoms with E-state index in [4.69, 9.17) is 0 Å². The van der Waals surface area contributed by atoms with Gasteiger partial charge in [0.15, 0.2) is 0 Å². The van der Waals surface area contributed by atoms with E-state index in [2.05, 4.69) is 15.3 Å². The van der Waals surface area contributed by atoms with E-state index in [9.17, 15) is 9.59 Å². The van der Waals surface area contributed by atoms with Crippen molar-refractivity contribution in [1.29, 1.82) is 0 Å². The predicted octanol–water partition coefficient (Wildman–Crippen LogP) is 2.47. The Labute approximate surface area is 144 Å². The van der Waals surface area contributed by atoms with Crippen molar-refractivity contribution >= 4 is 29.3 Å². The van der Waals surface area contributed by atoms with Gasteiger partial charge in [-0.15, -0.1) is 11.8 Å². The second-order valence-corrected chi connectivity index (χ2v) is 7.77. The summed E-state index contributed by atoms with van der Waals surface area (Å²) in [6.07, 6.45) is 4.79. The van der Waals surface area contributed by atoms with Crippen molar-refractivity contribution in [2.45, 2.75) is 30.7 Å². The first-order valence-electron chi connectivity index (χ1n) is 7.94. The molecule has 2 aliphatic rings. The lowest BCUT2D eigenvalue weighted by Gasteiger charge is -2.29. The average Bonchev–Trinajstić information content (AvgIpc) is 3.26. The minimum atomic E-state index is -0.401. The van der Waals surface area contributed by atoms with Crippen LogP contribution in [0.2, 0.25) is 0 Å². The van der Waals surface area contributed by atoms with Gasteiger partial charge in [-0.3, -0.25) is 9.59 Å². The van der Waals surface area contributed by atoms with E-state index < -0.39 is 6.04 Å². The topological polar surface area (TPSA) is 78.1 Å². The van der Waals surface area contributed by atoms with Crippen molar-refractivity contribution in [2.24, 2.45) is 0 Å². The number of hydrogen-bond donors (Lipinski definition) is 2. The first-order valence-corrected chi connectivity index (χ1v) is 8.92. The Balaban J connectivity index is 1.53. The molecule has 24 heavy (non-hydrogen) atoms. The summed E-state index contributed by atoms with van der Waals surface area (Å²) in [6, 6.07) is 7.13. The fourth-order valence-corrected chi connectivity index (χ4v) is 4.84. The van der Waals surface area contributed by atoms with Crippen molar-refractivity contribution in [3.63, 3.8) is 0 Å². The Morgan fingerprint density at radius 3 is 3.17 bits per heavy atom. The van der Waals surface area contributed by atoms with Crippen LogP contribution in [0.15, 0.2) is 36.7 Å². The van der Waals surface area contributed by atoms with Gasteiger partial charge in [0.2, 0.25) is 11.8 Å². The Morgan fingerprint density at radius 1 is 1.50 bits per heavy atom. The molecule has 124 valence electrons. The summed E-state index contributed by atoms with van der Waals surface area (Å²) in [4.78, 5) is 33.7. The van der Waals surface area contributed by atoms with Crippen molar-refractivity contribution in [3.8, 4) is 11.4 Å². The smallest absolute Gasteiger partial charge is 0.248 e. The molecule has 2 amide bonds. The molecule has 6 nitrogen and oxygen atoms in total. The van der Waals surface area contributed by atoms with Gasteiger partial charge in [0.1, 0.15) is 11.9 Å². The highest BCUT2D eigenvalue weighted by molar-refractivity contribution is 8.01. The standard InChI is InChI=1S/C17H18N4O2S/c1-17-6-5-14(22)21(17)13(10-24-17)16(23)20-12-4-2-3-11(9-12)15-18-7-8-19-15/h2-4,7-9,13H,5-6,10H2,1H3,(H,18,19)(H,20,23). The lowest BCUT2D eigenvalue weighted by Crippen LogP contribution is -2.48. The Bertz CT molecular complexity index is 792. The summed E-state index contributed by atoms with van der Waals surface area (Å²) >= 11 is 1.70. The number of amides is 2. The SMILES string of the molecule is CC12CCC(=O)N1C(C(=O)Nc1cccc(-c3ncc[nH]3)c1)CS2. The van der Waals surface area contributed by atoms with E-state index in [-0.39, 0.29) is 16.7 Å². The molecule has 2 saturated heterocycles. The van der Waals surface area contributed by atoms with Gasteiger partial charge >= 0.3 is 0 Å². The maximum Gasteiger partial charge on any atom is 0.248 e. The van der Waals surface area contributed by atoms with Crippen LogP contribution in [0.3, 0.4) is 0 Å². The molecule has 7 heteroatoms. The van der Waals surface area contributed by atoms with Gasteiger partial charge in [0, 0.05) is 35.8 Å². The van der Waals surface area contributed by atoms with E-state index in [1.54, 1.807) is 29.1 Å². The van der Waals surface area contributed by atoms with Crippen molar-refractivity contribution in [3.05, 3.63) is 36.7 Å². The molecule has 0 radical (unpaired) electrons. The molecular weight excluding hydrogens is 324 g/mol. The fourth-order valence-electron chi connectivity index (χ4n) is 3.41. The molecule has 2 atom stereocenters. The zero-order valence-corrected chi connectivity index (χ0v) is 14.1. The number of nitrogens with zero attached hydrogens (tertiary/aromatic N) is 2. The van der Waals surface area contributed by atoms with Gasteiger partial charge in [-0.05, 0) is 25.5 Å². The molecule has 2 aliphatic heterocycles. The summed E-state index contributed by atoms with van der Waals surface area (Å²) in [5.74, 6) is 1.35. The van der Waals surface area contributed by atoms with Crippen LogP contribution in [0.1, 0.15) is 19.8 Å². The molecule has 2 N–H and O–H groups in total. The Morgan fingerprint density at radius 2 is 2.38 bits per heavy atom. The normalized spacial score (nSPS) is 25.8. The molecule has 1 aromatic carbocycles. The van der Waals surface area contributed by atoms with Crippen LogP contribution >= 0.6 is 11.8 Å². The highest BCUT2D eigenvalue weighted by Gasteiger charge is 2.52. The van der Waals surface area contributed by atoms with Gasteiger partial charge in [0.25, 0.3) is 0 Å². The maximum atomic E-state index is 12.7. The summed E-state index contributed by atoms with van der Waals surface area (Å²) in [7, 11) is 0. The van der Waals surface area contributed by atoms with Crippen LogP contribution in [0.5, 0.6) is 0 Å². The molecule has 1 aromatic heterocycles. The number of thioether (sulfide) groups is 1. The van der Waals surface area contributed by atoms with Crippen molar-refractivity contribution < 1.29 is 9.59 Å². The minimum Gasteiger partial charge on any atom is -0.345 e. The molecule has 0 spiro atoms. The van der Waals surface area contributed by atoms with E-state index in [0.717, 1.165) is 17.8 Å². The summed E-state index contributed by atoms with van der Waals surface area (Å²) in [5, 5.41) is 2.95. The molecule has 3 heterocycles. The summed E-state index contributed by atoms with van der Waals surface area (Å²) < 4.78 is 0. The van der Waals surface area contributed by atoms with Gasteiger partial charge in [-0.1, -0.05) is 12.1 Å². The second-order valence-electron chi connectivity index (χ2n) is 6.27. The highest BCUT2D eigenvalue weighted by atomic mass is 32.2. The zero-order valence-electron chi connectivity index (χ0n) is 13.3. The Hall–Kier alpha value is -2.28. The molecule has 2 aromatic rings. The molecule has 2 fully saturated rings. The van der Waals surface area contributed by atoms with E-state index in [0.29, 0.717) is 17.9 Å². The number of carbonyl (C=O) groups excluding carboxylic acids is 2. The van der Waals surface area contributed by atoms with Crippen LogP contribution in [-0.2, 0) is 9.59 Å². The first-order chi connectivity index (χ1) is 11.6. The first kappa shape index (κ1) is 15.3. The predicted molar refractivity (Wildman–Crippen MR) is 93.4 cm³/mol. The van der Waals surface area contributed by atoms with Crippen LogP contribution in [0, 0.1) is 0 Å². The van der Waals surface area contributed by atoms with Crippen molar-refractivity contribution in [1.82, 2.24) is 14.9 Å². The summed E-state index contributed by atoms with van der Waals surface area (Å²) in [6.45, 7) is 2.05. The van der Waals surface area contributed by atoms with E-state index in [1.165, 1.54) is 0 Å². The number of carbonyl (C=O) groups is 2. The highest BCUT2D eigenvalue weighted by Crippen LogP contribution is 2.47. The van der Waals surface area contributed by atoms with Gasteiger partial charge in [0.05, 0.1) is 4.87 Å². The van der Waals surface area contributed by atoms with Crippen LogP contribution in [0.25, 0.3) is 11.4 Å². The third-order valence-corrected chi connectivity index (χ3v) is 6.15. The quantitative estimate of drug-likeness (QED) is 0.898. The number of rotatable bonds is 3. The molecule has 4 rings (SSSR count). The monoisotopic (exact) mass is 342 g/mol. The number of imidazole rings is 1. The van der Waals surface area contributed by atoms with Gasteiger partial charge in [-0.2, -0.15) is 0 Å². The lowest BCUT2D eigenvalue weighted by atomic mass is 10.1. The number of anilines is 1. The van der Waals surface area contributed by atoms with Gasteiger partial charge in [-0.25, -0.2) is 4.98 Å². The molecular formula is C17H18N4O2S. The number of fused-ring (bicyclic) bond motifs is 1. The third-order valence-electron chi connectivity index (χ3n) is 4.65. The lowest BCUT2D eigenvalue weighted by molar-refractivity contribution is -0.135. The number of aromatic amines is 1. The number of aromatic nitrogens is 2. The minimum absolute atomic E-state index is 0.0759. The van der Waals surface area contributed by atoms with Crippen LogP contribution in [0.4, 0.5) is 5.69 Å².